The lowest BCUT2D eigenvalue weighted by Gasteiger charge is -2.24. The molecule has 2 aromatic rings. The summed E-state index contributed by atoms with van der Waals surface area (Å²) >= 11 is 0. The maximum atomic E-state index is 12.9. The summed E-state index contributed by atoms with van der Waals surface area (Å²) in [5.41, 5.74) is 3.35. The van der Waals surface area contributed by atoms with Crippen molar-refractivity contribution in [3.05, 3.63) is 71.0 Å². The van der Waals surface area contributed by atoms with Crippen molar-refractivity contribution in [1.82, 2.24) is 5.32 Å². The van der Waals surface area contributed by atoms with Crippen molar-refractivity contribution in [1.29, 1.82) is 0 Å². The third kappa shape index (κ3) is 3.13. The lowest BCUT2D eigenvalue weighted by Crippen LogP contribution is -2.31. The van der Waals surface area contributed by atoms with Gasteiger partial charge in [0.15, 0.2) is 0 Å². The van der Waals surface area contributed by atoms with Gasteiger partial charge in [-0.1, -0.05) is 36.4 Å². The Morgan fingerprint density at radius 2 is 1.90 bits per heavy atom. The number of rotatable bonds is 3. The van der Waals surface area contributed by atoms with Gasteiger partial charge in [-0.15, -0.1) is 0 Å². The summed E-state index contributed by atoms with van der Waals surface area (Å²) in [6.45, 7) is 0.442. The van der Waals surface area contributed by atoms with Crippen LogP contribution in [-0.4, -0.2) is 5.91 Å². The third-order valence-corrected chi connectivity index (χ3v) is 4.07. The number of fused-ring (bicyclic) bond motifs is 1. The summed E-state index contributed by atoms with van der Waals surface area (Å²) in [6, 6.07) is 14.4. The number of nitrogens with one attached hydrogen (secondary N) is 1. The number of benzene rings is 2. The number of hydrogen-bond acceptors (Lipinski definition) is 1. The zero-order valence-electron chi connectivity index (χ0n) is 11.8. The van der Waals surface area contributed by atoms with Gasteiger partial charge in [-0.05, 0) is 48.1 Å². The molecule has 0 saturated heterocycles. The molecule has 2 aromatic carbocycles. The average molecular weight is 283 g/mol. The molecule has 21 heavy (non-hydrogen) atoms. The zero-order chi connectivity index (χ0) is 14.7. The van der Waals surface area contributed by atoms with Gasteiger partial charge in [-0.25, -0.2) is 4.39 Å². The van der Waals surface area contributed by atoms with Gasteiger partial charge >= 0.3 is 0 Å². The van der Waals surface area contributed by atoms with Crippen LogP contribution in [-0.2, 0) is 17.8 Å². The van der Waals surface area contributed by atoms with Crippen molar-refractivity contribution < 1.29 is 9.18 Å². The fourth-order valence-electron chi connectivity index (χ4n) is 2.94. The van der Waals surface area contributed by atoms with Gasteiger partial charge in [0.25, 0.3) is 0 Å². The van der Waals surface area contributed by atoms with E-state index in [2.05, 4.69) is 17.4 Å². The van der Waals surface area contributed by atoms with Crippen LogP contribution in [0.4, 0.5) is 4.39 Å². The smallest absolute Gasteiger partial charge is 0.227 e. The van der Waals surface area contributed by atoms with E-state index in [9.17, 15) is 9.18 Å². The molecule has 0 heterocycles. The average Bonchev–Trinajstić information content (AvgIpc) is 2.53. The Labute approximate surface area is 124 Å². The van der Waals surface area contributed by atoms with E-state index < -0.39 is 0 Å². The Morgan fingerprint density at radius 3 is 2.71 bits per heavy atom. The minimum Gasteiger partial charge on any atom is -0.351 e. The first-order chi connectivity index (χ1) is 10.2. The summed E-state index contributed by atoms with van der Waals surface area (Å²) < 4.78 is 12.9. The van der Waals surface area contributed by atoms with Crippen LogP contribution in [0.1, 0.15) is 35.4 Å². The van der Waals surface area contributed by atoms with Crippen LogP contribution in [0.2, 0.25) is 0 Å². The quantitative estimate of drug-likeness (QED) is 0.917. The fraction of sp³-hybridized carbons (Fsp3) is 0.278. The van der Waals surface area contributed by atoms with Crippen molar-refractivity contribution in [3.8, 4) is 0 Å². The summed E-state index contributed by atoms with van der Waals surface area (Å²) in [5, 5.41) is 2.97. The molecule has 108 valence electrons. The second-order valence-corrected chi connectivity index (χ2v) is 5.49. The predicted molar refractivity (Wildman–Crippen MR) is 80.4 cm³/mol. The first kappa shape index (κ1) is 13.8. The SMILES string of the molecule is O=C(NCc1ccc(F)cc1)C1CCCc2ccccc21. The highest BCUT2D eigenvalue weighted by Crippen LogP contribution is 2.31. The molecule has 0 saturated carbocycles. The highest BCUT2D eigenvalue weighted by atomic mass is 19.1. The molecule has 3 rings (SSSR count). The number of hydrogen-bond donors (Lipinski definition) is 1. The Kier molecular flexibility index (Phi) is 4.00. The van der Waals surface area contributed by atoms with E-state index in [0.717, 1.165) is 30.4 Å². The summed E-state index contributed by atoms with van der Waals surface area (Å²) in [5.74, 6) is -0.256. The molecule has 1 amide bonds. The van der Waals surface area contributed by atoms with Gasteiger partial charge in [-0.2, -0.15) is 0 Å². The Morgan fingerprint density at radius 1 is 1.14 bits per heavy atom. The molecule has 1 atom stereocenters. The van der Waals surface area contributed by atoms with E-state index in [1.54, 1.807) is 12.1 Å². The maximum absolute atomic E-state index is 12.9. The molecule has 0 fully saturated rings. The number of carbonyl (C=O) groups excluding carboxylic acids is 1. The standard InChI is InChI=1S/C18H18FNO/c19-15-10-8-13(9-11-15)12-20-18(21)17-7-3-5-14-4-1-2-6-16(14)17/h1-2,4,6,8-11,17H,3,5,7,12H2,(H,20,21). The molecule has 0 bridgehead atoms. The van der Waals surface area contributed by atoms with Crippen LogP contribution in [0.5, 0.6) is 0 Å². The van der Waals surface area contributed by atoms with Crippen molar-refractivity contribution in [3.63, 3.8) is 0 Å². The summed E-state index contributed by atoms with van der Waals surface area (Å²) in [4.78, 5) is 12.4. The van der Waals surface area contributed by atoms with Gasteiger partial charge in [0.2, 0.25) is 5.91 Å². The lowest BCUT2D eigenvalue weighted by atomic mass is 9.82. The minimum absolute atomic E-state index is 0.0598. The number of amides is 1. The highest BCUT2D eigenvalue weighted by Gasteiger charge is 2.25. The van der Waals surface area contributed by atoms with Crippen molar-refractivity contribution in [2.24, 2.45) is 0 Å². The van der Waals surface area contributed by atoms with E-state index in [-0.39, 0.29) is 17.6 Å². The Hall–Kier alpha value is -2.16. The first-order valence-corrected chi connectivity index (χ1v) is 7.34. The van der Waals surface area contributed by atoms with Gasteiger partial charge in [0.05, 0.1) is 5.92 Å². The maximum Gasteiger partial charge on any atom is 0.227 e. The molecule has 0 spiro atoms. The number of aryl methyl sites for hydroxylation is 1. The third-order valence-electron chi connectivity index (χ3n) is 4.07. The fourth-order valence-corrected chi connectivity index (χ4v) is 2.94. The second-order valence-electron chi connectivity index (χ2n) is 5.49. The predicted octanol–water partition coefficient (Wildman–Crippen LogP) is 3.56. The topological polar surface area (TPSA) is 29.1 Å². The molecule has 3 heteroatoms. The summed E-state index contributed by atoms with van der Waals surface area (Å²) in [6.07, 6.45) is 3.00. The molecule has 0 aliphatic heterocycles. The van der Waals surface area contributed by atoms with E-state index in [1.165, 1.54) is 17.7 Å². The molecule has 0 radical (unpaired) electrons. The molecule has 1 aliphatic rings. The normalized spacial score (nSPS) is 17.1. The highest BCUT2D eigenvalue weighted by molar-refractivity contribution is 5.84. The first-order valence-electron chi connectivity index (χ1n) is 7.34. The number of halogens is 1. The van der Waals surface area contributed by atoms with E-state index in [0.29, 0.717) is 6.54 Å². The Balaban J connectivity index is 1.68. The summed E-state index contributed by atoms with van der Waals surface area (Å²) in [7, 11) is 0. The largest absolute Gasteiger partial charge is 0.351 e. The van der Waals surface area contributed by atoms with Gasteiger partial charge in [0.1, 0.15) is 5.82 Å². The van der Waals surface area contributed by atoms with E-state index in [4.69, 9.17) is 0 Å². The van der Waals surface area contributed by atoms with Crippen LogP contribution in [0.15, 0.2) is 48.5 Å². The van der Waals surface area contributed by atoms with E-state index in [1.807, 2.05) is 12.1 Å². The van der Waals surface area contributed by atoms with Crippen LogP contribution in [0.25, 0.3) is 0 Å². The van der Waals surface area contributed by atoms with Crippen molar-refractivity contribution in [2.45, 2.75) is 31.7 Å². The van der Waals surface area contributed by atoms with Crippen molar-refractivity contribution >= 4 is 5.91 Å². The molecule has 1 aliphatic carbocycles. The van der Waals surface area contributed by atoms with Gasteiger partial charge in [-0.3, -0.25) is 4.79 Å². The monoisotopic (exact) mass is 283 g/mol. The number of carbonyl (C=O) groups is 1. The second kappa shape index (κ2) is 6.08. The zero-order valence-corrected chi connectivity index (χ0v) is 11.8. The van der Waals surface area contributed by atoms with Gasteiger partial charge < -0.3 is 5.32 Å². The van der Waals surface area contributed by atoms with E-state index >= 15 is 0 Å². The minimum atomic E-state index is -0.258. The van der Waals surface area contributed by atoms with Crippen LogP contribution in [0, 0.1) is 5.82 Å². The molecule has 0 aromatic heterocycles. The van der Waals surface area contributed by atoms with Crippen LogP contribution < -0.4 is 5.32 Å². The van der Waals surface area contributed by atoms with Crippen LogP contribution >= 0.6 is 0 Å². The molecule has 1 unspecified atom stereocenters. The van der Waals surface area contributed by atoms with Crippen molar-refractivity contribution in [2.75, 3.05) is 0 Å². The molecule has 2 nitrogen and oxygen atoms in total. The lowest BCUT2D eigenvalue weighted by molar-refractivity contribution is -0.123. The molecular weight excluding hydrogens is 265 g/mol. The van der Waals surface area contributed by atoms with Crippen LogP contribution in [0.3, 0.4) is 0 Å². The Bertz CT molecular complexity index is 636. The molecule has 1 N–H and O–H groups in total. The van der Waals surface area contributed by atoms with Gasteiger partial charge in [0, 0.05) is 6.54 Å². The molecular formula is C18H18FNO.